The SMILES string of the molecule is NC(=O)C1(NC(=O)C(O)c2ccccc2)CCCCC1. The first-order chi connectivity index (χ1) is 9.55. The molecule has 1 aromatic carbocycles. The van der Waals surface area contributed by atoms with Crippen molar-refractivity contribution in [2.45, 2.75) is 43.7 Å². The molecule has 5 heteroatoms. The molecule has 1 atom stereocenters. The summed E-state index contributed by atoms with van der Waals surface area (Å²) >= 11 is 0. The number of nitrogens with one attached hydrogen (secondary N) is 1. The molecule has 5 nitrogen and oxygen atoms in total. The summed E-state index contributed by atoms with van der Waals surface area (Å²) in [4.78, 5) is 23.8. The molecule has 2 rings (SSSR count). The summed E-state index contributed by atoms with van der Waals surface area (Å²) in [6.45, 7) is 0. The van der Waals surface area contributed by atoms with Crippen LogP contribution in [0.25, 0.3) is 0 Å². The van der Waals surface area contributed by atoms with Gasteiger partial charge in [-0.1, -0.05) is 49.6 Å². The molecule has 0 heterocycles. The van der Waals surface area contributed by atoms with Crippen LogP contribution in [0.3, 0.4) is 0 Å². The van der Waals surface area contributed by atoms with Crippen molar-refractivity contribution in [1.82, 2.24) is 5.32 Å². The first-order valence-electron chi connectivity index (χ1n) is 6.90. The van der Waals surface area contributed by atoms with Crippen molar-refractivity contribution in [3.8, 4) is 0 Å². The van der Waals surface area contributed by atoms with Gasteiger partial charge in [-0.25, -0.2) is 0 Å². The lowest BCUT2D eigenvalue weighted by Crippen LogP contribution is -2.59. The van der Waals surface area contributed by atoms with Crippen molar-refractivity contribution in [2.24, 2.45) is 5.73 Å². The third-order valence-corrected chi connectivity index (χ3v) is 3.90. The predicted molar refractivity (Wildman–Crippen MR) is 74.6 cm³/mol. The summed E-state index contributed by atoms with van der Waals surface area (Å²) < 4.78 is 0. The van der Waals surface area contributed by atoms with E-state index in [4.69, 9.17) is 5.73 Å². The zero-order valence-corrected chi connectivity index (χ0v) is 11.3. The molecule has 0 saturated heterocycles. The molecule has 108 valence electrons. The Hall–Kier alpha value is -1.88. The van der Waals surface area contributed by atoms with Crippen LogP contribution < -0.4 is 11.1 Å². The minimum Gasteiger partial charge on any atom is -0.378 e. The average molecular weight is 276 g/mol. The van der Waals surface area contributed by atoms with Gasteiger partial charge in [0.1, 0.15) is 5.54 Å². The summed E-state index contributed by atoms with van der Waals surface area (Å²) in [7, 11) is 0. The predicted octanol–water partition coefficient (Wildman–Crippen LogP) is 1.02. The molecule has 1 saturated carbocycles. The van der Waals surface area contributed by atoms with Crippen LogP contribution in [0.4, 0.5) is 0 Å². The first kappa shape index (κ1) is 14.5. The van der Waals surface area contributed by atoms with Crippen molar-refractivity contribution < 1.29 is 14.7 Å². The van der Waals surface area contributed by atoms with E-state index in [1.54, 1.807) is 30.3 Å². The second kappa shape index (κ2) is 6.05. The van der Waals surface area contributed by atoms with E-state index in [1.807, 2.05) is 0 Å². The van der Waals surface area contributed by atoms with Crippen LogP contribution in [0.5, 0.6) is 0 Å². The van der Waals surface area contributed by atoms with Gasteiger partial charge in [0, 0.05) is 0 Å². The Balaban J connectivity index is 2.11. The number of nitrogens with two attached hydrogens (primary N) is 1. The van der Waals surface area contributed by atoms with Crippen molar-refractivity contribution in [1.29, 1.82) is 0 Å². The van der Waals surface area contributed by atoms with Crippen LogP contribution in [0.1, 0.15) is 43.8 Å². The third-order valence-electron chi connectivity index (χ3n) is 3.90. The lowest BCUT2D eigenvalue weighted by atomic mass is 9.81. The summed E-state index contributed by atoms with van der Waals surface area (Å²) in [6, 6.07) is 8.64. The zero-order chi connectivity index (χ0) is 14.6. The van der Waals surface area contributed by atoms with Gasteiger partial charge in [-0.15, -0.1) is 0 Å². The van der Waals surface area contributed by atoms with Crippen molar-refractivity contribution in [3.63, 3.8) is 0 Å². The van der Waals surface area contributed by atoms with Gasteiger partial charge in [-0.3, -0.25) is 9.59 Å². The molecule has 20 heavy (non-hydrogen) atoms. The van der Waals surface area contributed by atoms with E-state index in [0.717, 1.165) is 19.3 Å². The lowest BCUT2D eigenvalue weighted by Gasteiger charge is -2.35. The molecule has 0 aliphatic heterocycles. The monoisotopic (exact) mass is 276 g/mol. The highest BCUT2D eigenvalue weighted by Gasteiger charge is 2.40. The molecule has 1 aliphatic carbocycles. The quantitative estimate of drug-likeness (QED) is 0.766. The molecule has 0 spiro atoms. The molecular weight excluding hydrogens is 256 g/mol. The number of aliphatic hydroxyl groups excluding tert-OH is 1. The Bertz CT molecular complexity index is 481. The van der Waals surface area contributed by atoms with Crippen molar-refractivity contribution in [2.75, 3.05) is 0 Å². The fourth-order valence-corrected chi connectivity index (χ4v) is 2.68. The standard InChI is InChI=1S/C15H20N2O3/c16-14(20)15(9-5-2-6-10-15)17-13(19)12(18)11-7-3-1-4-8-11/h1,3-4,7-8,12,18H,2,5-6,9-10H2,(H2,16,20)(H,17,19). The lowest BCUT2D eigenvalue weighted by molar-refractivity contribution is -0.138. The van der Waals surface area contributed by atoms with E-state index in [-0.39, 0.29) is 0 Å². The van der Waals surface area contributed by atoms with Gasteiger partial charge in [0.05, 0.1) is 0 Å². The Labute approximate surface area is 118 Å². The zero-order valence-electron chi connectivity index (χ0n) is 11.3. The average Bonchev–Trinajstić information content (AvgIpc) is 2.48. The molecule has 1 fully saturated rings. The van der Waals surface area contributed by atoms with Crippen LogP contribution in [-0.2, 0) is 9.59 Å². The largest absolute Gasteiger partial charge is 0.378 e. The van der Waals surface area contributed by atoms with E-state index in [0.29, 0.717) is 18.4 Å². The molecule has 1 aromatic rings. The number of amides is 2. The van der Waals surface area contributed by atoms with Crippen LogP contribution in [0, 0.1) is 0 Å². The Morgan fingerprint density at radius 3 is 2.30 bits per heavy atom. The first-order valence-corrected chi connectivity index (χ1v) is 6.90. The summed E-state index contributed by atoms with van der Waals surface area (Å²) in [5.74, 6) is -1.09. The van der Waals surface area contributed by atoms with E-state index in [1.165, 1.54) is 0 Å². The van der Waals surface area contributed by atoms with Crippen LogP contribution in [-0.4, -0.2) is 22.5 Å². The minimum absolute atomic E-state index is 0.500. The highest BCUT2D eigenvalue weighted by atomic mass is 16.3. The molecule has 0 radical (unpaired) electrons. The second-order valence-corrected chi connectivity index (χ2v) is 5.31. The highest BCUT2D eigenvalue weighted by molar-refractivity contribution is 5.92. The minimum atomic E-state index is -1.28. The molecule has 0 bridgehead atoms. The van der Waals surface area contributed by atoms with Gasteiger partial charge in [-0.2, -0.15) is 0 Å². The Morgan fingerprint density at radius 2 is 1.75 bits per heavy atom. The van der Waals surface area contributed by atoms with Gasteiger partial charge in [0.25, 0.3) is 5.91 Å². The number of benzene rings is 1. The third kappa shape index (κ3) is 2.99. The van der Waals surface area contributed by atoms with E-state index < -0.39 is 23.5 Å². The van der Waals surface area contributed by atoms with Crippen molar-refractivity contribution in [3.05, 3.63) is 35.9 Å². The number of rotatable bonds is 4. The normalized spacial score (nSPS) is 19.1. The Kier molecular flexibility index (Phi) is 4.39. The molecule has 0 aromatic heterocycles. The number of hydrogen-bond acceptors (Lipinski definition) is 3. The number of hydrogen-bond donors (Lipinski definition) is 3. The maximum absolute atomic E-state index is 12.2. The second-order valence-electron chi connectivity index (χ2n) is 5.31. The number of carbonyl (C=O) groups is 2. The smallest absolute Gasteiger partial charge is 0.254 e. The van der Waals surface area contributed by atoms with Gasteiger partial charge in [-0.05, 0) is 18.4 Å². The maximum Gasteiger partial charge on any atom is 0.254 e. The maximum atomic E-state index is 12.2. The topological polar surface area (TPSA) is 92.4 Å². The van der Waals surface area contributed by atoms with Crippen LogP contribution in [0.2, 0.25) is 0 Å². The Morgan fingerprint density at radius 1 is 1.15 bits per heavy atom. The van der Waals surface area contributed by atoms with Crippen LogP contribution >= 0.6 is 0 Å². The molecule has 4 N–H and O–H groups in total. The number of primary amides is 1. The van der Waals surface area contributed by atoms with Gasteiger partial charge >= 0.3 is 0 Å². The molecule has 1 unspecified atom stereocenters. The van der Waals surface area contributed by atoms with Gasteiger partial charge < -0.3 is 16.2 Å². The van der Waals surface area contributed by atoms with Crippen molar-refractivity contribution >= 4 is 11.8 Å². The fourth-order valence-electron chi connectivity index (χ4n) is 2.68. The van der Waals surface area contributed by atoms with Crippen LogP contribution in [0.15, 0.2) is 30.3 Å². The van der Waals surface area contributed by atoms with E-state index in [9.17, 15) is 14.7 Å². The fraction of sp³-hybridized carbons (Fsp3) is 0.467. The molecular formula is C15H20N2O3. The molecule has 2 amide bonds. The van der Waals surface area contributed by atoms with E-state index >= 15 is 0 Å². The van der Waals surface area contributed by atoms with Gasteiger partial charge in [0.15, 0.2) is 6.10 Å². The molecule has 1 aliphatic rings. The summed E-state index contributed by atoms with van der Waals surface area (Å²) in [5, 5.41) is 12.7. The number of carbonyl (C=O) groups excluding carboxylic acids is 2. The highest BCUT2D eigenvalue weighted by Crippen LogP contribution is 2.28. The number of aliphatic hydroxyl groups is 1. The van der Waals surface area contributed by atoms with E-state index in [2.05, 4.69) is 5.32 Å². The summed E-state index contributed by atoms with van der Waals surface area (Å²) in [6.07, 6.45) is 2.53. The summed E-state index contributed by atoms with van der Waals surface area (Å²) in [5.41, 5.74) is 4.95. The van der Waals surface area contributed by atoms with Gasteiger partial charge in [0.2, 0.25) is 5.91 Å².